The first-order chi connectivity index (χ1) is 19.2. The zero-order valence-electron chi connectivity index (χ0n) is 21.2. The Kier molecular flexibility index (Phi) is 7.72. The van der Waals surface area contributed by atoms with E-state index in [4.69, 9.17) is 10.6 Å². The maximum Gasteiger partial charge on any atom is 0.282 e. The summed E-state index contributed by atoms with van der Waals surface area (Å²) in [6.07, 6.45) is 3.72. The fraction of sp³-hybridized carbons (Fsp3) is 0.364. The third-order valence-electron chi connectivity index (χ3n) is 6.05. The number of aromatic nitrogens is 4. The van der Waals surface area contributed by atoms with Gasteiger partial charge in [-0.05, 0) is 6.92 Å². The highest BCUT2D eigenvalue weighted by atomic mass is 32.2. The molecule has 3 aromatic heterocycles. The number of carboxylic acids is 1. The summed E-state index contributed by atoms with van der Waals surface area (Å²) in [6.45, 7) is 3.66. The third kappa shape index (κ3) is 5.11. The van der Waals surface area contributed by atoms with Crippen molar-refractivity contribution in [3.05, 3.63) is 40.7 Å². The van der Waals surface area contributed by atoms with Gasteiger partial charge in [0.25, 0.3) is 17.6 Å². The number of aliphatic carboxylic acids is 1. The van der Waals surface area contributed by atoms with Crippen LogP contribution in [0.4, 0.5) is 5.13 Å². The molecule has 2 atom stereocenters. The summed E-state index contributed by atoms with van der Waals surface area (Å²) in [6, 6.07) is -1.01. The van der Waals surface area contributed by atoms with E-state index in [9.17, 15) is 24.3 Å². The Hall–Kier alpha value is -4.03. The van der Waals surface area contributed by atoms with E-state index in [1.165, 1.54) is 30.0 Å². The molecule has 0 unspecified atom stereocenters. The number of rotatable bonds is 10. The molecule has 2 aliphatic rings. The average Bonchev–Trinajstić information content (AvgIpc) is 3.62. The second-order valence-electron chi connectivity index (χ2n) is 8.61. The summed E-state index contributed by atoms with van der Waals surface area (Å²) in [7, 11) is 0. The maximum atomic E-state index is 13.2. The number of thiazole rings is 1. The fourth-order valence-electron chi connectivity index (χ4n) is 4.32. The SMILES string of the molecule is CCO/N=C(\C(=O)N[C@@H]1C(=O)N2C(C(=O)[O-])=C(C[n+]3cc4sccn4c3CNC(C)=O)CS[C@H]12)c1nsc(N)n1. The second-order valence-corrected chi connectivity index (χ2v) is 11.4. The summed E-state index contributed by atoms with van der Waals surface area (Å²) in [4.78, 5) is 61.0. The number of imidazole rings is 1. The van der Waals surface area contributed by atoms with Crippen LogP contribution in [0.15, 0.2) is 34.2 Å². The van der Waals surface area contributed by atoms with Gasteiger partial charge in [-0.3, -0.25) is 19.3 Å². The van der Waals surface area contributed by atoms with Crippen molar-refractivity contribution in [3.63, 3.8) is 0 Å². The molecule has 1 fully saturated rings. The van der Waals surface area contributed by atoms with Crippen molar-refractivity contribution >= 4 is 74.0 Å². The molecule has 5 rings (SSSR count). The summed E-state index contributed by atoms with van der Waals surface area (Å²) in [5.74, 6) is -2.11. The van der Waals surface area contributed by atoms with Gasteiger partial charge in [-0.1, -0.05) is 16.5 Å². The molecule has 0 saturated carbocycles. The van der Waals surface area contributed by atoms with Crippen LogP contribution in [0.2, 0.25) is 0 Å². The van der Waals surface area contributed by atoms with Crippen molar-refractivity contribution in [2.75, 3.05) is 18.1 Å². The van der Waals surface area contributed by atoms with Gasteiger partial charge in [-0.15, -0.1) is 11.8 Å². The molecule has 3 aromatic rings. The van der Waals surface area contributed by atoms with Gasteiger partial charge < -0.3 is 31.1 Å². The van der Waals surface area contributed by atoms with Crippen molar-refractivity contribution in [3.8, 4) is 0 Å². The number of oxime groups is 1. The normalized spacial score (nSPS) is 18.9. The summed E-state index contributed by atoms with van der Waals surface area (Å²) < 4.78 is 7.73. The molecule has 5 heterocycles. The standard InChI is InChI=1S/C22H23N9O6S3/c1-3-37-27-14(17-26-22(23)40-28-17)18(33)25-15-19(34)31-16(21(35)36)11(9-39-20(15)31)7-29-8-13-30(4-5-38-13)12(29)6-24-10(2)32/h4-5,8,15,20H,3,6-7,9H2,1-2H3,(H4-,23,24,25,26,28,32,33,35,36)/b27-14-/t15-,20-/m1/s1. The van der Waals surface area contributed by atoms with Crippen LogP contribution in [0.3, 0.4) is 0 Å². The largest absolute Gasteiger partial charge is 0.543 e. The average molecular weight is 606 g/mol. The van der Waals surface area contributed by atoms with Crippen molar-refractivity contribution in [2.24, 2.45) is 5.16 Å². The minimum Gasteiger partial charge on any atom is -0.543 e. The van der Waals surface area contributed by atoms with E-state index in [1.807, 2.05) is 26.7 Å². The van der Waals surface area contributed by atoms with E-state index in [0.29, 0.717) is 5.57 Å². The number of carbonyl (C=O) groups is 4. The highest BCUT2D eigenvalue weighted by Gasteiger charge is 2.53. The van der Waals surface area contributed by atoms with E-state index in [1.54, 1.807) is 6.92 Å². The molecule has 18 heteroatoms. The number of nitrogens with two attached hydrogens (primary N) is 1. The van der Waals surface area contributed by atoms with Gasteiger partial charge in [0.05, 0.1) is 11.7 Å². The van der Waals surface area contributed by atoms with Crippen LogP contribution < -0.4 is 26.0 Å². The topological polar surface area (TPSA) is 200 Å². The van der Waals surface area contributed by atoms with Crippen molar-refractivity contribution < 1.29 is 33.7 Å². The number of carboxylic acid groups (broad SMARTS) is 1. The van der Waals surface area contributed by atoms with Gasteiger partial charge in [0.1, 0.15) is 43.5 Å². The molecule has 0 spiro atoms. The van der Waals surface area contributed by atoms with Crippen LogP contribution in [-0.2, 0) is 37.1 Å². The number of hydrogen-bond donors (Lipinski definition) is 3. The Morgan fingerprint density at radius 2 is 2.17 bits per heavy atom. The first-order valence-corrected chi connectivity index (χ1v) is 14.6. The molecule has 15 nitrogen and oxygen atoms in total. The lowest BCUT2D eigenvalue weighted by atomic mass is 10.0. The fourth-order valence-corrected chi connectivity index (χ4v) is 6.88. The maximum absolute atomic E-state index is 13.2. The Morgan fingerprint density at radius 3 is 2.85 bits per heavy atom. The molecule has 0 aliphatic carbocycles. The molecule has 210 valence electrons. The van der Waals surface area contributed by atoms with Crippen LogP contribution in [0.25, 0.3) is 4.83 Å². The van der Waals surface area contributed by atoms with E-state index in [-0.39, 0.29) is 53.7 Å². The molecule has 0 bridgehead atoms. The van der Waals surface area contributed by atoms with E-state index in [2.05, 4.69) is 25.1 Å². The Balaban J connectivity index is 1.37. The molecule has 4 N–H and O–H groups in total. The number of β-lactam (4-membered cyclic amide) rings is 1. The molecular weight excluding hydrogens is 583 g/mol. The van der Waals surface area contributed by atoms with Gasteiger partial charge in [-0.25, -0.2) is 4.57 Å². The second kappa shape index (κ2) is 11.2. The minimum atomic E-state index is -1.50. The van der Waals surface area contributed by atoms with E-state index in [0.717, 1.165) is 27.1 Å². The smallest absolute Gasteiger partial charge is 0.282 e. The highest BCUT2D eigenvalue weighted by Crippen LogP contribution is 2.40. The van der Waals surface area contributed by atoms with Crippen molar-refractivity contribution in [1.29, 1.82) is 0 Å². The number of nitrogen functional groups attached to an aromatic ring is 1. The summed E-state index contributed by atoms with van der Waals surface area (Å²) in [5.41, 5.74) is 5.60. The first-order valence-electron chi connectivity index (χ1n) is 11.9. The van der Waals surface area contributed by atoms with Gasteiger partial charge in [0, 0.05) is 35.2 Å². The van der Waals surface area contributed by atoms with E-state index < -0.39 is 29.2 Å². The Bertz CT molecular complexity index is 1570. The third-order valence-corrected chi connectivity index (χ3v) is 8.73. The monoisotopic (exact) mass is 605 g/mol. The first kappa shape index (κ1) is 27.5. The number of amides is 3. The number of carbonyl (C=O) groups excluding carboxylic acids is 4. The minimum absolute atomic E-state index is 0.0504. The van der Waals surface area contributed by atoms with Gasteiger partial charge in [-0.2, -0.15) is 13.8 Å². The predicted molar refractivity (Wildman–Crippen MR) is 143 cm³/mol. The zero-order chi connectivity index (χ0) is 28.6. The summed E-state index contributed by atoms with van der Waals surface area (Å²) >= 11 is 3.68. The van der Waals surface area contributed by atoms with Crippen molar-refractivity contribution in [2.45, 2.75) is 38.4 Å². The van der Waals surface area contributed by atoms with Crippen LogP contribution >= 0.6 is 34.6 Å². The number of anilines is 1. The number of nitrogens with zero attached hydrogens (tertiary/aromatic N) is 6. The number of nitrogens with one attached hydrogen (secondary N) is 2. The van der Waals surface area contributed by atoms with Gasteiger partial charge in [0.2, 0.25) is 22.3 Å². The predicted octanol–water partition coefficient (Wildman–Crippen LogP) is -1.80. The lowest BCUT2D eigenvalue weighted by Gasteiger charge is -2.50. The Labute approximate surface area is 238 Å². The number of fused-ring (bicyclic) bond motifs is 2. The van der Waals surface area contributed by atoms with Crippen LogP contribution in [0.5, 0.6) is 0 Å². The number of thioether (sulfide) groups is 1. The lowest BCUT2D eigenvalue weighted by Crippen LogP contribution is -2.71. The summed E-state index contributed by atoms with van der Waals surface area (Å²) in [5, 5.41) is 22.8. The molecule has 0 aromatic carbocycles. The lowest BCUT2D eigenvalue weighted by molar-refractivity contribution is -0.695. The van der Waals surface area contributed by atoms with Crippen LogP contribution in [-0.4, -0.2) is 71.8 Å². The number of hydrogen-bond acceptors (Lipinski definition) is 13. The molecular formula is C22H23N9O6S3. The zero-order valence-corrected chi connectivity index (χ0v) is 23.6. The molecule has 0 radical (unpaired) electrons. The van der Waals surface area contributed by atoms with Gasteiger partial charge in [0.15, 0.2) is 5.13 Å². The van der Waals surface area contributed by atoms with Crippen molar-refractivity contribution in [1.82, 2.24) is 29.3 Å². The van der Waals surface area contributed by atoms with Gasteiger partial charge >= 0.3 is 0 Å². The quantitative estimate of drug-likeness (QED) is 0.103. The molecule has 3 amide bonds. The molecule has 40 heavy (non-hydrogen) atoms. The van der Waals surface area contributed by atoms with Crippen LogP contribution in [0.1, 0.15) is 25.5 Å². The van der Waals surface area contributed by atoms with E-state index >= 15 is 0 Å². The molecule has 1 saturated heterocycles. The molecule has 2 aliphatic heterocycles. The Morgan fingerprint density at radius 1 is 1.38 bits per heavy atom. The van der Waals surface area contributed by atoms with Crippen LogP contribution in [0, 0.1) is 0 Å². The highest BCUT2D eigenvalue weighted by molar-refractivity contribution is 8.00.